The topological polar surface area (TPSA) is 92.8 Å². The quantitative estimate of drug-likeness (QED) is 0.592. The molecule has 0 bridgehead atoms. The van der Waals surface area contributed by atoms with Gasteiger partial charge < -0.3 is 10.1 Å². The molecule has 4 rings (SSSR count). The van der Waals surface area contributed by atoms with Crippen LogP contribution in [0.2, 0.25) is 0 Å². The molecular formula is C23H19FN2O5S. The van der Waals surface area contributed by atoms with Crippen molar-refractivity contribution in [2.75, 3.05) is 22.8 Å². The van der Waals surface area contributed by atoms with Crippen molar-refractivity contribution in [1.82, 2.24) is 0 Å². The SMILES string of the molecule is CCOC(=O)c1cccc(NC(=O)CN2c3ccc(F)cc3-c3ccccc3S2(=O)=O)c1. The Kier molecular flexibility index (Phi) is 5.67. The van der Waals surface area contributed by atoms with Crippen molar-refractivity contribution in [3.8, 4) is 11.1 Å². The third-order valence-electron chi connectivity index (χ3n) is 4.92. The first-order chi connectivity index (χ1) is 15.3. The number of sulfonamides is 1. The molecule has 0 fully saturated rings. The Bertz CT molecular complexity index is 1320. The molecule has 1 aliphatic heterocycles. The lowest BCUT2D eigenvalue weighted by Gasteiger charge is -2.31. The minimum atomic E-state index is -4.05. The van der Waals surface area contributed by atoms with Crippen molar-refractivity contribution < 1.29 is 27.1 Å². The molecular weight excluding hydrogens is 435 g/mol. The zero-order chi connectivity index (χ0) is 22.9. The van der Waals surface area contributed by atoms with Gasteiger partial charge in [0.05, 0.1) is 22.8 Å². The van der Waals surface area contributed by atoms with Crippen molar-refractivity contribution in [1.29, 1.82) is 0 Å². The zero-order valence-electron chi connectivity index (χ0n) is 17.0. The van der Waals surface area contributed by atoms with Crippen molar-refractivity contribution in [3.05, 3.63) is 78.1 Å². The van der Waals surface area contributed by atoms with Crippen LogP contribution in [-0.2, 0) is 19.6 Å². The summed E-state index contributed by atoms with van der Waals surface area (Å²) in [6.45, 7) is 1.37. The van der Waals surface area contributed by atoms with Gasteiger partial charge in [0.15, 0.2) is 0 Å². The summed E-state index contributed by atoms with van der Waals surface area (Å²) in [6.07, 6.45) is 0. The second-order valence-electron chi connectivity index (χ2n) is 7.02. The summed E-state index contributed by atoms with van der Waals surface area (Å²) in [6, 6.07) is 16.1. The van der Waals surface area contributed by atoms with Gasteiger partial charge in [-0.25, -0.2) is 17.6 Å². The molecule has 32 heavy (non-hydrogen) atoms. The lowest BCUT2D eigenvalue weighted by molar-refractivity contribution is -0.114. The predicted molar refractivity (Wildman–Crippen MR) is 117 cm³/mol. The molecule has 0 aliphatic carbocycles. The van der Waals surface area contributed by atoms with E-state index in [1.165, 1.54) is 24.3 Å². The van der Waals surface area contributed by atoms with Crippen LogP contribution >= 0.6 is 0 Å². The van der Waals surface area contributed by atoms with Gasteiger partial charge in [-0.15, -0.1) is 0 Å². The van der Waals surface area contributed by atoms with E-state index in [2.05, 4.69) is 5.32 Å². The number of hydrogen-bond donors (Lipinski definition) is 1. The standard InChI is InChI=1S/C23H19FN2O5S/c1-2-31-23(28)15-6-5-7-17(12-15)25-22(27)14-26-20-11-10-16(24)13-19(20)18-8-3-4-9-21(18)32(26,29)30/h3-13H,2,14H2,1H3,(H,25,27). The summed E-state index contributed by atoms with van der Waals surface area (Å²) in [7, 11) is -4.05. The summed E-state index contributed by atoms with van der Waals surface area (Å²) in [5.74, 6) is -1.67. The van der Waals surface area contributed by atoms with Crippen LogP contribution in [0.4, 0.5) is 15.8 Å². The van der Waals surface area contributed by atoms with Gasteiger partial charge in [-0.3, -0.25) is 9.10 Å². The molecule has 164 valence electrons. The second kappa shape index (κ2) is 8.43. The van der Waals surface area contributed by atoms with E-state index in [1.807, 2.05) is 0 Å². The number of nitrogens with one attached hydrogen (secondary N) is 1. The number of benzene rings is 3. The molecule has 0 aromatic heterocycles. The molecule has 0 saturated carbocycles. The molecule has 0 spiro atoms. The minimum Gasteiger partial charge on any atom is -0.462 e. The van der Waals surface area contributed by atoms with Gasteiger partial charge in [0.2, 0.25) is 5.91 Å². The molecule has 1 amide bonds. The van der Waals surface area contributed by atoms with Crippen LogP contribution in [0.5, 0.6) is 0 Å². The number of rotatable bonds is 5. The normalized spacial score (nSPS) is 13.6. The molecule has 1 heterocycles. The van der Waals surface area contributed by atoms with E-state index in [-0.39, 0.29) is 22.8 Å². The van der Waals surface area contributed by atoms with Crippen LogP contribution in [0.25, 0.3) is 11.1 Å². The molecule has 0 radical (unpaired) electrons. The Hall–Kier alpha value is -3.72. The molecule has 0 saturated heterocycles. The highest BCUT2D eigenvalue weighted by Crippen LogP contribution is 2.43. The van der Waals surface area contributed by atoms with E-state index in [0.717, 1.165) is 10.4 Å². The van der Waals surface area contributed by atoms with Crippen molar-refractivity contribution in [2.45, 2.75) is 11.8 Å². The van der Waals surface area contributed by atoms with Gasteiger partial charge in [-0.1, -0.05) is 24.3 Å². The van der Waals surface area contributed by atoms with Crippen LogP contribution in [0.3, 0.4) is 0 Å². The number of halogens is 1. The van der Waals surface area contributed by atoms with E-state index in [9.17, 15) is 22.4 Å². The van der Waals surface area contributed by atoms with E-state index < -0.39 is 34.3 Å². The van der Waals surface area contributed by atoms with E-state index >= 15 is 0 Å². The van der Waals surface area contributed by atoms with Crippen LogP contribution in [0.1, 0.15) is 17.3 Å². The fraction of sp³-hybridized carbons (Fsp3) is 0.130. The summed E-state index contributed by atoms with van der Waals surface area (Å²) in [5.41, 5.74) is 1.54. The average molecular weight is 454 g/mol. The van der Waals surface area contributed by atoms with E-state index in [0.29, 0.717) is 16.8 Å². The molecule has 0 unspecified atom stereocenters. The van der Waals surface area contributed by atoms with Crippen LogP contribution < -0.4 is 9.62 Å². The smallest absolute Gasteiger partial charge is 0.338 e. The minimum absolute atomic E-state index is 0.00444. The zero-order valence-corrected chi connectivity index (χ0v) is 17.9. The maximum absolute atomic E-state index is 13.9. The molecule has 9 heteroatoms. The van der Waals surface area contributed by atoms with Crippen LogP contribution in [0, 0.1) is 5.82 Å². The predicted octanol–water partition coefficient (Wildman–Crippen LogP) is 3.82. The first-order valence-electron chi connectivity index (χ1n) is 9.80. The number of fused-ring (bicyclic) bond motifs is 3. The Labute approximate surface area is 184 Å². The van der Waals surface area contributed by atoms with Gasteiger partial charge >= 0.3 is 5.97 Å². The molecule has 3 aromatic rings. The molecule has 7 nitrogen and oxygen atoms in total. The van der Waals surface area contributed by atoms with Crippen molar-refractivity contribution in [3.63, 3.8) is 0 Å². The van der Waals surface area contributed by atoms with Gasteiger partial charge in [0.1, 0.15) is 12.4 Å². The Balaban J connectivity index is 1.64. The van der Waals surface area contributed by atoms with E-state index in [1.54, 1.807) is 43.3 Å². The van der Waals surface area contributed by atoms with E-state index in [4.69, 9.17) is 4.74 Å². The Morgan fingerprint density at radius 2 is 1.78 bits per heavy atom. The number of anilines is 2. The maximum Gasteiger partial charge on any atom is 0.338 e. The van der Waals surface area contributed by atoms with Gasteiger partial charge in [-0.2, -0.15) is 0 Å². The number of hydrogen-bond acceptors (Lipinski definition) is 5. The van der Waals surface area contributed by atoms with Crippen molar-refractivity contribution >= 4 is 33.3 Å². The highest BCUT2D eigenvalue weighted by molar-refractivity contribution is 7.93. The first-order valence-corrected chi connectivity index (χ1v) is 11.2. The lowest BCUT2D eigenvalue weighted by Crippen LogP contribution is -2.40. The number of carbonyl (C=O) groups excluding carboxylic acids is 2. The summed E-state index contributed by atoms with van der Waals surface area (Å²) in [4.78, 5) is 24.7. The number of nitrogens with zero attached hydrogens (tertiary/aromatic N) is 1. The summed E-state index contributed by atoms with van der Waals surface area (Å²) >= 11 is 0. The molecule has 3 aromatic carbocycles. The fourth-order valence-corrected chi connectivity index (χ4v) is 5.19. The lowest BCUT2D eigenvalue weighted by atomic mass is 10.0. The van der Waals surface area contributed by atoms with Crippen LogP contribution in [0.15, 0.2) is 71.6 Å². The summed E-state index contributed by atoms with van der Waals surface area (Å²) < 4.78 is 46.3. The number of esters is 1. The van der Waals surface area contributed by atoms with Gasteiger partial charge in [-0.05, 0) is 49.4 Å². The highest BCUT2D eigenvalue weighted by Gasteiger charge is 2.36. The maximum atomic E-state index is 13.9. The third-order valence-corrected chi connectivity index (χ3v) is 6.74. The van der Waals surface area contributed by atoms with Gasteiger partial charge in [0.25, 0.3) is 10.0 Å². The van der Waals surface area contributed by atoms with Crippen LogP contribution in [-0.4, -0.2) is 33.4 Å². The first kappa shape index (κ1) is 21.5. The fourth-order valence-electron chi connectivity index (χ4n) is 3.54. The summed E-state index contributed by atoms with van der Waals surface area (Å²) in [5, 5.41) is 2.60. The largest absolute Gasteiger partial charge is 0.462 e. The van der Waals surface area contributed by atoms with Gasteiger partial charge in [0, 0.05) is 16.8 Å². The molecule has 1 N–H and O–H groups in total. The highest BCUT2D eigenvalue weighted by atomic mass is 32.2. The average Bonchev–Trinajstić information content (AvgIpc) is 2.77. The number of carbonyl (C=O) groups is 2. The number of ether oxygens (including phenoxy) is 1. The Morgan fingerprint density at radius 3 is 2.56 bits per heavy atom. The Morgan fingerprint density at radius 1 is 1.00 bits per heavy atom. The molecule has 1 aliphatic rings. The number of amides is 1. The monoisotopic (exact) mass is 454 g/mol. The third kappa shape index (κ3) is 3.94. The molecule has 0 atom stereocenters. The second-order valence-corrected chi connectivity index (χ2v) is 8.85. The van der Waals surface area contributed by atoms with Crippen molar-refractivity contribution in [2.24, 2.45) is 0 Å².